The van der Waals surface area contributed by atoms with Crippen molar-refractivity contribution < 1.29 is 19.1 Å². The molecule has 0 bridgehead atoms. The molecule has 0 aliphatic rings. The quantitative estimate of drug-likeness (QED) is 0.276. The Morgan fingerprint density at radius 2 is 1.70 bits per heavy atom. The summed E-state index contributed by atoms with van der Waals surface area (Å²) in [7, 11) is 4.00. The lowest BCUT2D eigenvalue weighted by Crippen LogP contribution is -2.36. The van der Waals surface area contributed by atoms with E-state index in [2.05, 4.69) is 25.8 Å². The SMILES string of the molecule is Cc1cccc(NC(=O)N(CCCN(C)C)Cc2ccc(C(=O)Nc3cscc3NC(=O)OC(C)(C)C)nc2)c1. The number of urea groups is 1. The highest BCUT2D eigenvalue weighted by Crippen LogP contribution is 2.27. The van der Waals surface area contributed by atoms with Gasteiger partial charge in [0.15, 0.2) is 0 Å². The summed E-state index contributed by atoms with van der Waals surface area (Å²) in [5, 5.41) is 11.8. The van der Waals surface area contributed by atoms with Gasteiger partial charge in [0.1, 0.15) is 11.3 Å². The number of benzene rings is 1. The second kappa shape index (κ2) is 13.9. The lowest BCUT2D eigenvalue weighted by molar-refractivity contribution is 0.0635. The van der Waals surface area contributed by atoms with Gasteiger partial charge in [0.2, 0.25) is 0 Å². The van der Waals surface area contributed by atoms with Crippen LogP contribution < -0.4 is 16.0 Å². The van der Waals surface area contributed by atoms with E-state index < -0.39 is 17.6 Å². The summed E-state index contributed by atoms with van der Waals surface area (Å²) < 4.78 is 5.29. The topological polar surface area (TPSA) is 116 Å². The summed E-state index contributed by atoms with van der Waals surface area (Å²) in [5.41, 5.74) is 3.05. The number of nitrogens with zero attached hydrogens (tertiary/aromatic N) is 3. The second-order valence-corrected chi connectivity index (χ2v) is 11.5. The maximum atomic E-state index is 13.1. The minimum absolute atomic E-state index is 0.200. The summed E-state index contributed by atoms with van der Waals surface area (Å²) in [4.78, 5) is 46.3. The van der Waals surface area contributed by atoms with Crippen LogP contribution in [0.3, 0.4) is 0 Å². The van der Waals surface area contributed by atoms with Crippen LogP contribution in [0.1, 0.15) is 48.8 Å². The van der Waals surface area contributed by atoms with Gasteiger partial charge in [-0.15, -0.1) is 11.3 Å². The van der Waals surface area contributed by atoms with Crippen LogP contribution in [0.5, 0.6) is 0 Å². The van der Waals surface area contributed by atoms with Crippen molar-refractivity contribution in [3.05, 3.63) is 70.2 Å². The highest BCUT2D eigenvalue weighted by Gasteiger charge is 2.19. The first kappa shape index (κ1) is 30.6. The van der Waals surface area contributed by atoms with E-state index >= 15 is 0 Å². The van der Waals surface area contributed by atoms with Crippen molar-refractivity contribution in [2.75, 3.05) is 43.1 Å². The van der Waals surface area contributed by atoms with Gasteiger partial charge < -0.3 is 25.2 Å². The zero-order chi connectivity index (χ0) is 29.3. The molecule has 4 amide bonds. The molecule has 0 fully saturated rings. The fourth-order valence-electron chi connectivity index (χ4n) is 3.72. The van der Waals surface area contributed by atoms with Gasteiger partial charge in [0, 0.05) is 35.7 Å². The Morgan fingerprint density at radius 3 is 2.33 bits per heavy atom. The minimum atomic E-state index is -0.641. The summed E-state index contributed by atoms with van der Waals surface area (Å²) >= 11 is 1.33. The smallest absolute Gasteiger partial charge is 0.412 e. The fourth-order valence-corrected chi connectivity index (χ4v) is 4.43. The first-order valence-corrected chi connectivity index (χ1v) is 13.9. The van der Waals surface area contributed by atoms with E-state index in [1.165, 1.54) is 11.3 Å². The molecule has 0 saturated carbocycles. The molecule has 3 N–H and O–H groups in total. The van der Waals surface area contributed by atoms with Crippen LogP contribution in [0.2, 0.25) is 0 Å². The van der Waals surface area contributed by atoms with E-state index in [1.807, 2.05) is 45.3 Å². The summed E-state index contributed by atoms with van der Waals surface area (Å²) in [6, 6.07) is 10.9. The molecule has 1 aromatic carbocycles. The first-order chi connectivity index (χ1) is 18.9. The molecule has 10 nitrogen and oxygen atoms in total. The molecule has 0 aliphatic carbocycles. The molecule has 0 unspecified atom stereocenters. The number of carbonyl (C=O) groups excluding carboxylic acids is 3. The molecule has 40 heavy (non-hydrogen) atoms. The number of amides is 4. The van der Waals surface area contributed by atoms with Crippen LogP contribution in [-0.2, 0) is 11.3 Å². The molecular weight excluding hydrogens is 528 g/mol. The minimum Gasteiger partial charge on any atom is -0.444 e. The average Bonchev–Trinajstić information content (AvgIpc) is 3.28. The van der Waals surface area contributed by atoms with Gasteiger partial charge in [-0.2, -0.15) is 0 Å². The van der Waals surface area contributed by atoms with E-state index in [4.69, 9.17) is 4.74 Å². The molecule has 2 heterocycles. The molecule has 0 radical (unpaired) electrons. The van der Waals surface area contributed by atoms with Crippen LogP contribution in [0.25, 0.3) is 0 Å². The van der Waals surface area contributed by atoms with E-state index in [9.17, 15) is 14.4 Å². The lowest BCUT2D eigenvalue weighted by atomic mass is 10.2. The standard InChI is InChI=1S/C29H38N6O4S/c1-20-9-7-10-22(15-20)31-27(37)35(14-8-13-34(5)6)17-21-11-12-23(30-16-21)26(36)32-24-18-40-19-25(24)33-28(38)39-29(2,3)4/h7,9-12,15-16,18-19H,8,13-14,17H2,1-6H3,(H,31,37)(H,32,36)(H,33,38). The normalized spacial score (nSPS) is 11.2. The number of anilines is 3. The fraction of sp³-hybridized carbons (Fsp3) is 0.379. The lowest BCUT2D eigenvalue weighted by Gasteiger charge is -2.24. The van der Waals surface area contributed by atoms with Crippen molar-refractivity contribution in [2.24, 2.45) is 0 Å². The predicted molar refractivity (Wildman–Crippen MR) is 160 cm³/mol. The van der Waals surface area contributed by atoms with Gasteiger partial charge in [-0.25, -0.2) is 9.59 Å². The van der Waals surface area contributed by atoms with Gasteiger partial charge in [0.25, 0.3) is 5.91 Å². The Balaban J connectivity index is 1.64. The second-order valence-electron chi connectivity index (χ2n) is 10.7. The van der Waals surface area contributed by atoms with Crippen molar-refractivity contribution in [3.8, 4) is 0 Å². The Hall–Kier alpha value is -3.96. The van der Waals surface area contributed by atoms with Crippen LogP contribution in [0, 0.1) is 6.92 Å². The largest absolute Gasteiger partial charge is 0.444 e. The number of aromatic nitrogens is 1. The van der Waals surface area contributed by atoms with Crippen LogP contribution in [0.4, 0.5) is 26.7 Å². The van der Waals surface area contributed by atoms with Gasteiger partial charge in [-0.3, -0.25) is 15.1 Å². The Bertz CT molecular complexity index is 1300. The molecule has 0 atom stereocenters. The summed E-state index contributed by atoms with van der Waals surface area (Å²) in [5.74, 6) is -0.419. The molecule has 2 aromatic heterocycles. The molecule has 11 heteroatoms. The number of hydrogen-bond acceptors (Lipinski definition) is 7. The van der Waals surface area contributed by atoms with Crippen LogP contribution in [-0.4, -0.2) is 65.6 Å². The maximum Gasteiger partial charge on any atom is 0.412 e. The summed E-state index contributed by atoms with van der Waals surface area (Å²) in [6.07, 6.45) is 1.80. The van der Waals surface area contributed by atoms with Crippen molar-refractivity contribution >= 4 is 46.4 Å². The van der Waals surface area contributed by atoms with Crippen molar-refractivity contribution in [3.63, 3.8) is 0 Å². The molecule has 3 aromatic rings. The number of pyridine rings is 1. The van der Waals surface area contributed by atoms with Gasteiger partial charge >= 0.3 is 12.1 Å². The van der Waals surface area contributed by atoms with Crippen LogP contribution in [0.15, 0.2) is 53.4 Å². The zero-order valence-electron chi connectivity index (χ0n) is 23.9. The molecule has 0 saturated heterocycles. The molecule has 0 aliphatic heterocycles. The van der Waals surface area contributed by atoms with Gasteiger partial charge in [0.05, 0.1) is 11.4 Å². The maximum absolute atomic E-state index is 13.1. The predicted octanol–water partition coefficient (Wildman–Crippen LogP) is 6.04. The van der Waals surface area contributed by atoms with Crippen molar-refractivity contribution in [1.29, 1.82) is 0 Å². The van der Waals surface area contributed by atoms with Crippen LogP contribution >= 0.6 is 11.3 Å². The van der Waals surface area contributed by atoms with E-state index in [0.717, 1.165) is 29.8 Å². The first-order valence-electron chi connectivity index (χ1n) is 13.0. The number of thiophene rings is 1. The number of nitrogens with one attached hydrogen (secondary N) is 3. The Kier molecular flexibility index (Phi) is 10.6. The number of aryl methyl sites for hydroxylation is 1. The number of ether oxygens (including phenoxy) is 1. The number of carbonyl (C=O) groups is 3. The van der Waals surface area contributed by atoms with Gasteiger partial charge in [-0.05, 0) is 84.1 Å². The van der Waals surface area contributed by atoms with Gasteiger partial charge in [-0.1, -0.05) is 18.2 Å². The zero-order valence-corrected chi connectivity index (χ0v) is 24.7. The molecule has 3 rings (SSSR count). The number of rotatable bonds is 10. The Labute approximate surface area is 239 Å². The van der Waals surface area contributed by atoms with Crippen molar-refractivity contribution in [1.82, 2.24) is 14.8 Å². The molecule has 214 valence electrons. The highest BCUT2D eigenvalue weighted by atomic mass is 32.1. The van der Waals surface area contributed by atoms with E-state index in [-0.39, 0.29) is 11.7 Å². The molecular formula is C29H38N6O4S. The highest BCUT2D eigenvalue weighted by molar-refractivity contribution is 7.09. The number of hydrogen-bond donors (Lipinski definition) is 3. The summed E-state index contributed by atoms with van der Waals surface area (Å²) in [6.45, 7) is 9.05. The van der Waals surface area contributed by atoms with Crippen molar-refractivity contribution in [2.45, 2.75) is 46.3 Å². The third-order valence-electron chi connectivity index (χ3n) is 5.57. The average molecular weight is 567 g/mol. The van der Waals surface area contributed by atoms with E-state index in [0.29, 0.717) is 24.5 Å². The monoisotopic (exact) mass is 566 g/mol. The third kappa shape index (κ3) is 9.97. The molecule has 0 spiro atoms. The van der Waals surface area contributed by atoms with E-state index in [1.54, 1.807) is 54.8 Å². The third-order valence-corrected chi connectivity index (χ3v) is 6.31. The Morgan fingerprint density at radius 1 is 0.975 bits per heavy atom.